The van der Waals surface area contributed by atoms with Gasteiger partial charge < -0.3 is 14.8 Å². The first-order chi connectivity index (χ1) is 14.8. The molecule has 0 spiro atoms. The summed E-state index contributed by atoms with van der Waals surface area (Å²) in [5.74, 6) is 2.22. The van der Waals surface area contributed by atoms with Gasteiger partial charge in [-0.2, -0.15) is 0 Å². The van der Waals surface area contributed by atoms with Crippen molar-refractivity contribution in [3.8, 4) is 22.6 Å². The fourth-order valence-electron chi connectivity index (χ4n) is 5.83. The number of aryl methyl sites for hydroxylation is 1. The molecule has 3 heteroatoms. The van der Waals surface area contributed by atoms with Crippen LogP contribution < -0.4 is 14.8 Å². The van der Waals surface area contributed by atoms with Crippen LogP contribution in [-0.4, -0.2) is 12.6 Å². The molecule has 0 amide bonds. The van der Waals surface area contributed by atoms with Gasteiger partial charge in [-0.05, 0) is 82.7 Å². The molecule has 2 heterocycles. The summed E-state index contributed by atoms with van der Waals surface area (Å²) < 4.78 is 12.7. The minimum atomic E-state index is -0.0656. The molecule has 2 aromatic carbocycles. The average Bonchev–Trinajstić information content (AvgIpc) is 2.71. The van der Waals surface area contributed by atoms with E-state index in [9.17, 15) is 0 Å². The summed E-state index contributed by atoms with van der Waals surface area (Å²) in [5, 5.41) is 3.73. The monoisotopic (exact) mass is 415 g/mol. The van der Waals surface area contributed by atoms with E-state index < -0.39 is 0 Å². The lowest BCUT2D eigenvalue weighted by Crippen LogP contribution is -2.33. The van der Waals surface area contributed by atoms with Crippen LogP contribution in [0.1, 0.15) is 69.8 Å². The zero-order valence-electron chi connectivity index (χ0n) is 19.6. The van der Waals surface area contributed by atoms with Crippen LogP contribution in [0.4, 0.5) is 5.69 Å². The van der Waals surface area contributed by atoms with Gasteiger partial charge in [0.05, 0.1) is 18.2 Å². The maximum Gasteiger partial charge on any atom is 0.133 e. The van der Waals surface area contributed by atoms with E-state index in [0.717, 1.165) is 29.0 Å². The standard InChI is InChI=1S/C28H33NO2/c1-16-8-7-9-19(14-16)27-25-20(24-22(31-27)13-10-17(2)26(24)30-6)11-12-21-23(25)18(3)15-28(4,5)29-21/h10-15,19,27,29H,7-9H2,1-6H3. The number of methoxy groups -OCH3 is 1. The summed E-state index contributed by atoms with van der Waals surface area (Å²) in [6, 6.07) is 8.73. The Bertz CT molecular complexity index is 1120. The number of hydrogen-bond donors (Lipinski definition) is 1. The zero-order valence-corrected chi connectivity index (χ0v) is 19.6. The van der Waals surface area contributed by atoms with Crippen molar-refractivity contribution in [2.45, 2.75) is 65.5 Å². The Labute approximate surface area is 186 Å². The number of allylic oxidation sites excluding steroid dienone is 2. The summed E-state index contributed by atoms with van der Waals surface area (Å²) in [7, 11) is 1.76. The Morgan fingerprint density at radius 2 is 1.87 bits per heavy atom. The Kier molecular flexibility index (Phi) is 4.69. The van der Waals surface area contributed by atoms with E-state index in [1.54, 1.807) is 7.11 Å². The van der Waals surface area contributed by atoms with Crippen LogP contribution >= 0.6 is 0 Å². The quantitative estimate of drug-likeness (QED) is 0.516. The predicted octanol–water partition coefficient (Wildman–Crippen LogP) is 7.46. The van der Waals surface area contributed by atoms with Crippen LogP contribution in [0.3, 0.4) is 0 Å². The van der Waals surface area contributed by atoms with Crippen LogP contribution in [0.2, 0.25) is 0 Å². The van der Waals surface area contributed by atoms with Gasteiger partial charge in [0.25, 0.3) is 0 Å². The lowest BCUT2D eigenvalue weighted by atomic mass is 9.76. The number of rotatable bonds is 2. The van der Waals surface area contributed by atoms with E-state index in [-0.39, 0.29) is 11.6 Å². The van der Waals surface area contributed by atoms with Gasteiger partial charge in [0.15, 0.2) is 0 Å². The predicted molar refractivity (Wildman–Crippen MR) is 129 cm³/mol. The first-order valence-corrected chi connectivity index (χ1v) is 11.5. The molecule has 3 aliphatic rings. The summed E-state index contributed by atoms with van der Waals surface area (Å²) in [6.45, 7) is 11.0. The highest BCUT2D eigenvalue weighted by molar-refractivity contribution is 5.91. The molecule has 162 valence electrons. The molecular weight excluding hydrogens is 382 g/mol. The van der Waals surface area contributed by atoms with E-state index in [4.69, 9.17) is 9.47 Å². The molecule has 0 saturated carbocycles. The molecule has 0 saturated heterocycles. The van der Waals surface area contributed by atoms with Gasteiger partial charge in [-0.3, -0.25) is 0 Å². The van der Waals surface area contributed by atoms with E-state index in [1.165, 1.54) is 46.4 Å². The van der Waals surface area contributed by atoms with E-state index >= 15 is 0 Å². The van der Waals surface area contributed by atoms with Crippen LogP contribution in [0.25, 0.3) is 16.7 Å². The number of benzene rings is 2. The van der Waals surface area contributed by atoms with Crippen LogP contribution in [-0.2, 0) is 0 Å². The Morgan fingerprint density at radius 1 is 1.06 bits per heavy atom. The van der Waals surface area contributed by atoms with Crippen molar-refractivity contribution in [1.29, 1.82) is 0 Å². The fraction of sp³-hybridized carbons (Fsp3) is 0.429. The van der Waals surface area contributed by atoms with Crippen molar-refractivity contribution in [3.05, 3.63) is 58.7 Å². The molecule has 5 rings (SSSR count). The summed E-state index contributed by atoms with van der Waals surface area (Å²) >= 11 is 0. The number of ether oxygens (including phenoxy) is 2. The lowest BCUT2D eigenvalue weighted by molar-refractivity contribution is 0.145. The maximum atomic E-state index is 6.83. The van der Waals surface area contributed by atoms with Crippen LogP contribution in [0.5, 0.6) is 11.5 Å². The third-order valence-electron chi connectivity index (χ3n) is 7.00. The molecule has 2 aromatic rings. The minimum Gasteiger partial charge on any atom is -0.496 e. The van der Waals surface area contributed by atoms with Gasteiger partial charge >= 0.3 is 0 Å². The van der Waals surface area contributed by atoms with Gasteiger partial charge in [0.1, 0.15) is 17.6 Å². The SMILES string of the molecule is COc1c(C)ccc2c1-c1ccc3c(c1C(C1C=C(C)CCC1)O2)C(C)=CC(C)(C)N3. The minimum absolute atomic E-state index is 0.00599. The number of hydrogen-bond acceptors (Lipinski definition) is 3. The van der Waals surface area contributed by atoms with Crippen molar-refractivity contribution >= 4 is 11.3 Å². The molecular formula is C28H33NO2. The van der Waals surface area contributed by atoms with Crippen molar-refractivity contribution in [2.24, 2.45) is 5.92 Å². The van der Waals surface area contributed by atoms with Gasteiger partial charge in [-0.25, -0.2) is 0 Å². The third-order valence-corrected chi connectivity index (χ3v) is 7.00. The lowest BCUT2D eigenvalue weighted by Gasteiger charge is -2.40. The zero-order chi connectivity index (χ0) is 21.9. The molecule has 2 unspecified atom stereocenters. The summed E-state index contributed by atoms with van der Waals surface area (Å²) in [5.41, 5.74) is 10.00. The molecule has 2 atom stereocenters. The fourth-order valence-corrected chi connectivity index (χ4v) is 5.83. The molecule has 0 radical (unpaired) electrons. The largest absolute Gasteiger partial charge is 0.496 e. The molecule has 0 aromatic heterocycles. The van der Waals surface area contributed by atoms with Crippen molar-refractivity contribution in [1.82, 2.24) is 0 Å². The van der Waals surface area contributed by atoms with E-state index in [0.29, 0.717) is 5.92 Å². The summed E-state index contributed by atoms with van der Waals surface area (Å²) in [6.07, 6.45) is 8.38. The number of anilines is 1. The Balaban J connectivity index is 1.80. The Hall–Kier alpha value is -2.68. The summed E-state index contributed by atoms with van der Waals surface area (Å²) in [4.78, 5) is 0. The first-order valence-electron chi connectivity index (χ1n) is 11.5. The highest BCUT2D eigenvalue weighted by Crippen LogP contribution is 2.55. The van der Waals surface area contributed by atoms with E-state index in [2.05, 4.69) is 76.4 Å². The normalized spacial score (nSPS) is 23.3. The van der Waals surface area contributed by atoms with Crippen molar-refractivity contribution in [2.75, 3.05) is 12.4 Å². The maximum absolute atomic E-state index is 6.83. The second-order valence-corrected chi connectivity index (χ2v) is 10.0. The molecule has 0 bridgehead atoms. The van der Waals surface area contributed by atoms with Crippen molar-refractivity contribution < 1.29 is 9.47 Å². The highest BCUT2D eigenvalue weighted by Gasteiger charge is 2.38. The van der Waals surface area contributed by atoms with Crippen LogP contribution in [0.15, 0.2) is 42.0 Å². The van der Waals surface area contributed by atoms with Gasteiger partial charge in [0.2, 0.25) is 0 Å². The van der Waals surface area contributed by atoms with Crippen LogP contribution in [0, 0.1) is 12.8 Å². The molecule has 3 nitrogen and oxygen atoms in total. The van der Waals surface area contributed by atoms with Gasteiger partial charge in [-0.1, -0.05) is 29.9 Å². The highest BCUT2D eigenvalue weighted by atomic mass is 16.5. The molecule has 0 fully saturated rings. The molecule has 2 aliphatic heterocycles. The molecule has 1 aliphatic carbocycles. The topological polar surface area (TPSA) is 30.5 Å². The second kappa shape index (κ2) is 7.19. The van der Waals surface area contributed by atoms with E-state index in [1.807, 2.05) is 0 Å². The molecule has 1 N–H and O–H groups in total. The smallest absolute Gasteiger partial charge is 0.133 e. The van der Waals surface area contributed by atoms with Crippen molar-refractivity contribution in [3.63, 3.8) is 0 Å². The molecule has 31 heavy (non-hydrogen) atoms. The number of fused-ring (bicyclic) bond motifs is 5. The van der Waals surface area contributed by atoms with Gasteiger partial charge in [-0.15, -0.1) is 0 Å². The first kappa shape index (κ1) is 20.2. The van der Waals surface area contributed by atoms with Gasteiger partial charge in [0, 0.05) is 22.7 Å². The third kappa shape index (κ3) is 3.26. The Morgan fingerprint density at radius 3 is 2.61 bits per heavy atom. The number of nitrogens with one attached hydrogen (secondary N) is 1. The second-order valence-electron chi connectivity index (χ2n) is 10.0. The average molecular weight is 416 g/mol.